The Kier molecular flexibility index (Phi) is 18.5. The van der Waals surface area contributed by atoms with Gasteiger partial charge in [0.15, 0.2) is 6.29 Å². The predicted octanol–water partition coefficient (Wildman–Crippen LogP) is 3.95. The smallest absolute Gasteiger partial charge is 0.309 e. The van der Waals surface area contributed by atoms with Crippen molar-refractivity contribution in [1.82, 2.24) is 24.9 Å². The zero-order chi connectivity index (χ0) is 48.9. The number of ketones is 1. The molecule has 18 atom stereocenters. The van der Waals surface area contributed by atoms with E-state index in [1.54, 1.807) is 40.8 Å². The summed E-state index contributed by atoms with van der Waals surface area (Å²) in [6, 6.07) is 3.62. The first-order valence-electron chi connectivity index (χ1n) is 24.1. The topological polar surface area (TPSA) is 217 Å². The van der Waals surface area contributed by atoms with Gasteiger partial charge in [0.05, 0.1) is 53.3 Å². The number of pyridine rings is 1. The van der Waals surface area contributed by atoms with E-state index in [-0.39, 0.29) is 37.2 Å². The quantitative estimate of drug-likeness (QED) is 0.197. The van der Waals surface area contributed by atoms with Crippen LogP contribution in [0.4, 0.5) is 0 Å². The minimum Gasteiger partial charge on any atom is -0.459 e. The number of likely N-dealkylation sites (N-methyl/N-ethyl adjacent to an activating group) is 1. The van der Waals surface area contributed by atoms with E-state index >= 15 is 0 Å². The highest BCUT2D eigenvalue weighted by atomic mass is 16.7. The first kappa shape index (κ1) is 54.0. The van der Waals surface area contributed by atoms with E-state index in [9.17, 15) is 30.0 Å². The Hall–Kier alpha value is -2.97. The number of carbonyl (C=O) groups is 2. The average Bonchev–Trinajstić information content (AvgIpc) is 3.75. The average molecular weight is 932 g/mol. The van der Waals surface area contributed by atoms with E-state index in [4.69, 9.17) is 28.4 Å². The van der Waals surface area contributed by atoms with Gasteiger partial charge in [-0.2, -0.15) is 0 Å². The maximum atomic E-state index is 14.6. The van der Waals surface area contributed by atoms with E-state index in [0.717, 1.165) is 25.1 Å². The molecular weight excluding hydrogens is 851 g/mol. The first-order chi connectivity index (χ1) is 31.0. The van der Waals surface area contributed by atoms with Gasteiger partial charge in [0.1, 0.15) is 29.7 Å². The summed E-state index contributed by atoms with van der Waals surface area (Å²) in [6.45, 7) is 18.8. The molecule has 0 spiro atoms. The zero-order valence-corrected chi connectivity index (χ0v) is 41.7. The van der Waals surface area contributed by atoms with Gasteiger partial charge < -0.3 is 53.7 Å². The van der Waals surface area contributed by atoms with Crippen LogP contribution < -0.4 is 0 Å². The van der Waals surface area contributed by atoms with Crippen LogP contribution in [0.2, 0.25) is 0 Å². The third-order valence-corrected chi connectivity index (χ3v) is 15.4. The number of nitrogens with zero attached hydrogens (tertiary/aromatic N) is 5. The Morgan fingerprint density at radius 3 is 2.27 bits per heavy atom. The number of hydrogen-bond acceptors (Lipinski definition) is 16. The summed E-state index contributed by atoms with van der Waals surface area (Å²) in [4.78, 5) is 35.1. The molecule has 0 amide bonds. The maximum absolute atomic E-state index is 14.6. The number of hydrogen-bond donors (Lipinski definition) is 4. The van der Waals surface area contributed by atoms with Crippen LogP contribution in [0.25, 0.3) is 0 Å². The molecule has 3 saturated heterocycles. The van der Waals surface area contributed by atoms with Crippen molar-refractivity contribution < 1.29 is 58.4 Å². The number of aliphatic hydroxyl groups is 4. The number of Topliss-reactive ketones (excluding diaryl/α,β-unsaturated/α-hetero) is 1. The summed E-state index contributed by atoms with van der Waals surface area (Å²) in [7, 11) is 5.03. The molecule has 3 aliphatic heterocycles. The Morgan fingerprint density at radius 1 is 0.939 bits per heavy atom. The third kappa shape index (κ3) is 12.1. The number of carbonyl (C=O) groups excluding carboxylic acids is 2. The predicted molar refractivity (Wildman–Crippen MR) is 245 cm³/mol. The van der Waals surface area contributed by atoms with Crippen LogP contribution in [0.3, 0.4) is 0 Å². The minimum absolute atomic E-state index is 0.113. The number of esters is 1. The number of ether oxygens (including phenoxy) is 6. The van der Waals surface area contributed by atoms with Crippen molar-refractivity contribution in [3.05, 3.63) is 42.0 Å². The summed E-state index contributed by atoms with van der Waals surface area (Å²) in [5.41, 5.74) is -2.27. The van der Waals surface area contributed by atoms with E-state index in [1.165, 1.54) is 26.7 Å². The summed E-state index contributed by atoms with van der Waals surface area (Å²) < 4.78 is 40.5. The highest BCUT2D eigenvalue weighted by Crippen LogP contribution is 2.46. The fourth-order valence-electron chi connectivity index (χ4n) is 11.1. The lowest BCUT2D eigenvalue weighted by Gasteiger charge is -2.52. The lowest BCUT2D eigenvalue weighted by Crippen LogP contribution is -2.62. The summed E-state index contributed by atoms with van der Waals surface area (Å²) >= 11 is 0. The molecule has 4 N–H and O–H groups in total. The fraction of sp³-hybridized carbons (Fsp3) is 0.816. The van der Waals surface area contributed by atoms with Gasteiger partial charge in [-0.25, -0.2) is 0 Å². The Labute approximate surface area is 392 Å². The molecule has 3 aliphatic rings. The highest BCUT2D eigenvalue weighted by Gasteiger charge is 2.56. The van der Waals surface area contributed by atoms with Crippen LogP contribution in [0.1, 0.15) is 113 Å². The van der Waals surface area contributed by atoms with Crippen molar-refractivity contribution in [1.29, 1.82) is 0 Å². The van der Waals surface area contributed by atoms with Crippen LogP contribution >= 0.6 is 0 Å². The van der Waals surface area contributed by atoms with Gasteiger partial charge in [-0.15, -0.1) is 5.10 Å². The zero-order valence-electron chi connectivity index (χ0n) is 41.7. The van der Waals surface area contributed by atoms with Gasteiger partial charge in [0.2, 0.25) is 0 Å². The van der Waals surface area contributed by atoms with E-state index in [2.05, 4.69) is 26.3 Å². The first-order valence-corrected chi connectivity index (χ1v) is 24.1. The Bertz CT molecular complexity index is 1860. The van der Waals surface area contributed by atoms with Crippen molar-refractivity contribution in [2.24, 2.45) is 29.6 Å². The Balaban J connectivity index is 1.47. The second-order valence-electron chi connectivity index (χ2n) is 20.4. The van der Waals surface area contributed by atoms with Crippen LogP contribution in [0.15, 0.2) is 30.7 Å². The molecule has 0 bridgehead atoms. The molecule has 0 aliphatic carbocycles. The molecule has 1 unspecified atom stereocenters. The van der Waals surface area contributed by atoms with Gasteiger partial charge in [0, 0.05) is 82.5 Å². The van der Waals surface area contributed by atoms with Crippen LogP contribution in [-0.4, -0.2) is 163 Å². The normalized spacial score (nSPS) is 41.1. The number of aromatic nitrogens is 4. The van der Waals surface area contributed by atoms with Gasteiger partial charge in [0.25, 0.3) is 0 Å². The van der Waals surface area contributed by atoms with Crippen LogP contribution in [0, 0.1) is 29.6 Å². The highest BCUT2D eigenvalue weighted by molar-refractivity contribution is 5.83. The lowest BCUT2D eigenvalue weighted by atomic mass is 9.67. The number of rotatable bonds is 14. The number of cyclic esters (lactones) is 1. The summed E-state index contributed by atoms with van der Waals surface area (Å²) in [5.74, 6) is -4.95. The number of aryl methyl sites for hydroxylation is 2. The van der Waals surface area contributed by atoms with Crippen molar-refractivity contribution >= 4 is 11.8 Å². The van der Waals surface area contributed by atoms with Gasteiger partial charge in [-0.3, -0.25) is 19.3 Å². The fourth-order valence-corrected chi connectivity index (χ4v) is 11.1. The molecular formula is C49H81N5O12. The largest absolute Gasteiger partial charge is 0.459 e. The molecule has 2 aromatic heterocycles. The monoisotopic (exact) mass is 932 g/mol. The van der Waals surface area contributed by atoms with Crippen molar-refractivity contribution in [3.63, 3.8) is 0 Å². The Morgan fingerprint density at radius 2 is 1.64 bits per heavy atom. The molecule has 2 aromatic rings. The summed E-state index contributed by atoms with van der Waals surface area (Å²) in [6.07, 6.45) is 0.331. The molecule has 0 radical (unpaired) electrons. The van der Waals surface area contributed by atoms with E-state index in [1.807, 2.05) is 57.9 Å². The molecule has 17 heteroatoms. The molecule has 17 nitrogen and oxygen atoms in total. The van der Waals surface area contributed by atoms with Gasteiger partial charge in [-0.1, -0.05) is 45.9 Å². The molecule has 66 heavy (non-hydrogen) atoms. The molecule has 3 fully saturated rings. The maximum Gasteiger partial charge on any atom is 0.309 e. The molecule has 5 heterocycles. The van der Waals surface area contributed by atoms with Crippen molar-refractivity contribution in [3.8, 4) is 0 Å². The van der Waals surface area contributed by atoms with Crippen molar-refractivity contribution in [2.45, 2.75) is 199 Å². The standard InChI is InChI=1S/C49H81N5O12/c1-14-38-49(10,60)42(57)32(6)40(55)28(2)24-48(9,62-13)44(30(4)39(31(5)45(59)65-38)37-25-47(8,61-12)43(58)33(7)64-37)66-46-41(56)36(23-29(3)63-46)53(11)22-19-35-27-54(52-51-35)21-16-18-34-17-15-20-50-26-34/h15,17,20,26-33,36-39,41-44,46,56-58,60H,14,16,18-19,21-25H2,1-13H3/t28-,29-,30+,31-,32+,33+,36+,37?,38-,39+,41-,42-,43+,44-,46+,47-,48-,49-/m1/s1. The minimum atomic E-state index is -1.97. The van der Waals surface area contributed by atoms with Crippen molar-refractivity contribution in [2.75, 3.05) is 27.8 Å². The molecule has 0 saturated carbocycles. The molecule has 374 valence electrons. The second kappa shape index (κ2) is 22.6. The number of aliphatic hydroxyl groups excluding tert-OH is 3. The van der Waals surface area contributed by atoms with E-state index < -0.39 is 101 Å². The van der Waals surface area contributed by atoms with E-state index in [0.29, 0.717) is 19.4 Å². The van der Waals surface area contributed by atoms with Gasteiger partial charge in [-0.05, 0) is 91.3 Å². The second-order valence-corrected chi connectivity index (χ2v) is 20.4. The van der Waals surface area contributed by atoms with Gasteiger partial charge >= 0.3 is 5.97 Å². The third-order valence-electron chi connectivity index (χ3n) is 15.4. The SMILES string of the molecule is CC[C@H]1OC(=O)[C@H](C)[C@@H](C2C[C@@](C)(OC)[C@@H](O)[C@H](C)O2)[C@H](C)[C@@H](O[C@@H]2O[C@H](C)C[C@H](N(C)CCc3cn(CCCc4cccnc4)nn3)[C@H]2O)[C@](C)(OC)C[C@@H](C)C(=O)[C@H](C)[C@@H](O)[C@]1(C)O. The van der Waals surface area contributed by atoms with Crippen LogP contribution in [-0.2, 0) is 57.4 Å². The lowest BCUT2D eigenvalue weighted by molar-refractivity contribution is -0.305. The molecule has 0 aromatic carbocycles. The van der Waals surface area contributed by atoms with Crippen LogP contribution in [0.5, 0.6) is 0 Å². The summed E-state index contributed by atoms with van der Waals surface area (Å²) in [5, 5.41) is 55.7. The molecule has 5 rings (SSSR count). The number of methoxy groups -OCH3 is 2.